The van der Waals surface area contributed by atoms with E-state index in [2.05, 4.69) is 16.0 Å². The Bertz CT molecular complexity index is 1150. The summed E-state index contributed by atoms with van der Waals surface area (Å²) >= 11 is 0. The first kappa shape index (κ1) is 30.8. The van der Waals surface area contributed by atoms with E-state index in [9.17, 15) is 24.0 Å². The van der Waals surface area contributed by atoms with Gasteiger partial charge in [0.2, 0.25) is 17.7 Å². The molecule has 0 saturated carbocycles. The maximum atomic E-state index is 13.1. The van der Waals surface area contributed by atoms with Crippen molar-refractivity contribution < 1.29 is 33.8 Å². The van der Waals surface area contributed by atoms with Crippen LogP contribution in [0.4, 0.5) is 0 Å². The molecule has 0 aliphatic carbocycles. The quantitative estimate of drug-likeness (QED) is 0.213. The van der Waals surface area contributed by atoms with Gasteiger partial charge in [-0.3, -0.25) is 14.4 Å². The summed E-state index contributed by atoms with van der Waals surface area (Å²) in [6.45, 7) is 5.34. The molecular weight excluding hydrogens is 502 g/mol. The molecule has 2 rings (SSSR count). The Morgan fingerprint density at radius 1 is 0.769 bits per heavy atom. The highest BCUT2D eigenvalue weighted by molar-refractivity contribution is 5.97. The Hall–Kier alpha value is -4.47. The third-order valence-electron chi connectivity index (χ3n) is 5.58. The van der Waals surface area contributed by atoms with Gasteiger partial charge in [0.25, 0.3) is 0 Å². The van der Waals surface area contributed by atoms with Gasteiger partial charge in [0.1, 0.15) is 24.7 Å². The van der Waals surface area contributed by atoms with Crippen molar-refractivity contribution in [1.82, 2.24) is 16.0 Å². The van der Waals surface area contributed by atoms with Crippen LogP contribution < -0.4 is 16.0 Å². The van der Waals surface area contributed by atoms with Crippen molar-refractivity contribution in [2.24, 2.45) is 5.92 Å². The van der Waals surface area contributed by atoms with Crippen LogP contribution in [0, 0.1) is 5.92 Å². The number of carbonyl (C=O) groups is 5. The second kappa shape index (κ2) is 15.7. The number of carboxylic acid groups (broad SMARTS) is 1. The Morgan fingerprint density at radius 3 is 1.92 bits per heavy atom. The molecule has 10 nitrogen and oxygen atoms in total. The number of aliphatic carboxylic acids is 1. The van der Waals surface area contributed by atoms with Gasteiger partial charge in [-0.05, 0) is 30.4 Å². The van der Waals surface area contributed by atoms with E-state index in [0.717, 1.165) is 17.2 Å². The first-order valence-corrected chi connectivity index (χ1v) is 12.6. The molecule has 0 aliphatic heterocycles. The Morgan fingerprint density at radius 2 is 1.36 bits per heavy atom. The van der Waals surface area contributed by atoms with Crippen molar-refractivity contribution in [3.63, 3.8) is 0 Å². The molecule has 0 saturated heterocycles. The van der Waals surface area contributed by atoms with Gasteiger partial charge >= 0.3 is 11.9 Å². The minimum absolute atomic E-state index is 0.0631. The van der Waals surface area contributed by atoms with Gasteiger partial charge in [-0.1, -0.05) is 74.5 Å². The van der Waals surface area contributed by atoms with E-state index in [1.807, 2.05) is 44.2 Å². The standard InChI is InChI=1S/C29H35N3O7/c1-19(2)16-24(29(38)39-18-22-12-8-5-9-13-22)32-27(36)20(3)30-28(37)23(17-21-10-6-4-7-11-21)31-25(33)14-15-26(34)35/h4-15,19-20,23-24H,16-18H2,1-3H3,(H,30,37)(H,31,33)(H,32,36)(H,34,35)/b15-14-/t20-,23-,24-/m0/s1. The number of hydrogen-bond donors (Lipinski definition) is 4. The number of hydrogen-bond acceptors (Lipinski definition) is 6. The molecule has 3 amide bonds. The average Bonchev–Trinajstić information content (AvgIpc) is 2.90. The number of nitrogens with one attached hydrogen (secondary N) is 3. The third-order valence-corrected chi connectivity index (χ3v) is 5.58. The summed E-state index contributed by atoms with van der Waals surface area (Å²) in [5.74, 6) is -3.83. The zero-order valence-electron chi connectivity index (χ0n) is 22.3. The highest BCUT2D eigenvalue weighted by atomic mass is 16.5. The zero-order valence-corrected chi connectivity index (χ0v) is 22.3. The lowest BCUT2D eigenvalue weighted by Gasteiger charge is -2.24. The normalized spacial score (nSPS) is 13.2. The van der Waals surface area contributed by atoms with Crippen molar-refractivity contribution in [3.8, 4) is 0 Å². The van der Waals surface area contributed by atoms with Gasteiger partial charge in [-0.15, -0.1) is 0 Å². The SMILES string of the molecule is CC(C)C[C@H](NC(=O)[C@H](C)NC(=O)[C@H](Cc1ccccc1)NC(=O)/C=C\C(=O)O)C(=O)OCc1ccccc1. The van der Waals surface area contributed by atoms with Crippen LogP contribution in [0.25, 0.3) is 0 Å². The van der Waals surface area contributed by atoms with Crippen LogP contribution in [0.15, 0.2) is 72.8 Å². The monoisotopic (exact) mass is 537 g/mol. The van der Waals surface area contributed by atoms with Crippen LogP contribution in [0.5, 0.6) is 0 Å². The molecule has 0 aromatic heterocycles. The molecule has 4 N–H and O–H groups in total. The molecule has 0 unspecified atom stereocenters. The Kier molecular flexibility index (Phi) is 12.4. The van der Waals surface area contributed by atoms with Gasteiger partial charge in [0.15, 0.2) is 0 Å². The van der Waals surface area contributed by atoms with E-state index in [0.29, 0.717) is 12.5 Å². The fourth-order valence-electron chi connectivity index (χ4n) is 3.62. The number of carboxylic acids is 1. The third kappa shape index (κ3) is 11.6. The molecule has 3 atom stereocenters. The van der Waals surface area contributed by atoms with Crippen molar-refractivity contribution in [2.45, 2.75) is 58.3 Å². The molecule has 2 aromatic rings. The van der Waals surface area contributed by atoms with Gasteiger partial charge in [-0.2, -0.15) is 0 Å². The lowest BCUT2D eigenvalue weighted by atomic mass is 10.0. The van der Waals surface area contributed by atoms with Crippen LogP contribution in [0.2, 0.25) is 0 Å². The van der Waals surface area contributed by atoms with Crippen LogP contribution in [0.1, 0.15) is 38.3 Å². The number of carbonyl (C=O) groups excluding carboxylic acids is 4. The minimum Gasteiger partial charge on any atom is -0.478 e. The van der Waals surface area contributed by atoms with E-state index < -0.39 is 47.8 Å². The fourth-order valence-corrected chi connectivity index (χ4v) is 3.62. The van der Waals surface area contributed by atoms with Crippen molar-refractivity contribution in [3.05, 3.63) is 83.9 Å². The van der Waals surface area contributed by atoms with Crippen molar-refractivity contribution in [2.75, 3.05) is 0 Å². The molecular formula is C29H35N3O7. The summed E-state index contributed by atoms with van der Waals surface area (Å²) < 4.78 is 5.40. The molecule has 2 aromatic carbocycles. The molecule has 0 bridgehead atoms. The average molecular weight is 538 g/mol. The predicted molar refractivity (Wildman–Crippen MR) is 144 cm³/mol. The number of ether oxygens (including phenoxy) is 1. The smallest absolute Gasteiger partial charge is 0.328 e. The molecule has 0 radical (unpaired) electrons. The van der Waals surface area contributed by atoms with Crippen molar-refractivity contribution >= 4 is 29.7 Å². The molecule has 39 heavy (non-hydrogen) atoms. The molecule has 10 heteroatoms. The second-order valence-corrected chi connectivity index (χ2v) is 9.44. The maximum absolute atomic E-state index is 13.1. The summed E-state index contributed by atoms with van der Waals surface area (Å²) in [5.41, 5.74) is 1.56. The van der Waals surface area contributed by atoms with Crippen LogP contribution in [-0.4, -0.2) is 52.9 Å². The topological polar surface area (TPSA) is 151 Å². The summed E-state index contributed by atoms with van der Waals surface area (Å²) in [6.07, 6.45) is 1.91. The van der Waals surface area contributed by atoms with E-state index in [1.165, 1.54) is 6.92 Å². The highest BCUT2D eigenvalue weighted by Gasteiger charge is 2.28. The number of benzene rings is 2. The molecule has 0 aliphatic rings. The summed E-state index contributed by atoms with van der Waals surface area (Å²) in [5, 5.41) is 16.5. The molecule has 208 valence electrons. The lowest BCUT2D eigenvalue weighted by molar-refractivity contribution is -0.149. The summed E-state index contributed by atoms with van der Waals surface area (Å²) in [6, 6.07) is 15.0. The zero-order chi connectivity index (χ0) is 28.8. The van der Waals surface area contributed by atoms with Gasteiger partial charge in [0.05, 0.1) is 0 Å². The van der Waals surface area contributed by atoms with E-state index in [4.69, 9.17) is 9.84 Å². The van der Waals surface area contributed by atoms with Gasteiger partial charge in [0, 0.05) is 18.6 Å². The van der Waals surface area contributed by atoms with Gasteiger partial charge < -0.3 is 25.8 Å². The second-order valence-electron chi connectivity index (χ2n) is 9.44. The number of amides is 3. The largest absolute Gasteiger partial charge is 0.478 e. The maximum Gasteiger partial charge on any atom is 0.328 e. The molecule has 0 heterocycles. The molecule has 0 spiro atoms. The van der Waals surface area contributed by atoms with E-state index >= 15 is 0 Å². The predicted octanol–water partition coefficient (Wildman–Crippen LogP) is 2.13. The lowest BCUT2D eigenvalue weighted by Crippen LogP contribution is -2.55. The fraction of sp³-hybridized carbons (Fsp3) is 0.345. The van der Waals surface area contributed by atoms with Crippen molar-refractivity contribution in [1.29, 1.82) is 0 Å². The summed E-state index contributed by atoms with van der Waals surface area (Å²) in [4.78, 5) is 61.7. The first-order chi connectivity index (χ1) is 18.5. The summed E-state index contributed by atoms with van der Waals surface area (Å²) in [7, 11) is 0. The number of esters is 1. The Balaban J connectivity index is 2.05. The number of rotatable bonds is 14. The Labute approximate surface area is 227 Å². The van der Waals surface area contributed by atoms with Gasteiger partial charge in [-0.25, -0.2) is 9.59 Å². The van der Waals surface area contributed by atoms with Crippen LogP contribution in [0.3, 0.4) is 0 Å². The van der Waals surface area contributed by atoms with E-state index in [-0.39, 0.29) is 18.9 Å². The first-order valence-electron chi connectivity index (χ1n) is 12.6. The van der Waals surface area contributed by atoms with Crippen LogP contribution >= 0.6 is 0 Å². The minimum atomic E-state index is -1.31. The van der Waals surface area contributed by atoms with E-state index in [1.54, 1.807) is 30.3 Å². The van der Waals surface area contributed by atoms with Crippen LogP contribution in [-0.2, 0) is 41.7 Å². The molecule has 0 fully saturated rings. The highest BCUT2D eigenvalue weighted by Crippen LogP contribution is 2.10.